The summed E-state index contributed by atoms with van der Waals surface area (Å²) in [4.78, 5) is 10.3. The molecule has 5 fully saturated rings. The van der Waals surface area contributed by atoms with Gasteiger partial charge in [0.15, 0.2) is 25.2 Å². The SMILES string of the molecule is O=[N+]([O-])c1ccc(O[C@@H]2O[C@H](CO)[C@@H](O[C@H]3O[C@H](CO)[C@@H](O[C@H]4O[C@H](CO)[C@@H](O[C@H]5O[C@H](CO)[C@@H](O[C@@H]6O[C@H](CO)[C@H](O)[C@H](O)[C@H]6O)[C@H](O)[C@H]5O)[C@H](O)[C@H]4O)[C@H](O)[C@H]3O)[C@H](O)[C@H]2O)c(Cl)c1. The topological polar surface area (TPSA) is 459 Å². The van der Waals surface area contributed by atoms with Crippen LogP contribution >= 0.6 is 11.6 Å². The molecule has 29 nitrogen and oxygen atoms in total. The fourth-order valence-corrected chi connectivity index (χ4v) is 8.16. The van der Waals surface area contributed by atoms with E-state index in [2.05, 4.69) is 0 Å². The van der Waals surface area contributed by atoms with Gasteiger partial charge < -0.3 is 129 Å². The third-order valence-corrected chi connectivity index (χ3v) is 12.0. The Kier molecular flexibility index (Phi) is 18.2. The van der Waals surface area contributed by atoms with Gasteiger partial charge in [0.05, 0.1) is 43.0 Å². The molecule has 0 saturated carbocycles. The Morgan fingerprint density at radius 3 is 1.08 bits per heavy atom. The standard InChI is InChI=1S/C36H54ClNO28/c37-10-3-9(38(55)56)1-2-11(10)57-32-24(51)19(46)28(13(5-40)59-32)64-34-26(53)21(48)30(15(7-42)61-34)66-36-27(54)22(49)31(16(8-43)62-36)65-35-25(52)20(47)29(14(6-41)60-35)63-33-23(50)18(45)17(44)12(4-39)58-33/h1-3,12-36,39-54H,4-8H2/t12-,13-,14-,15-,16-,17+,18+,19-,20-,21-,22-,23-,24-,25-,26-,27-,28-,29-,30-,31-,32-,33+,34-,35-,36-/m1/s1. The van der Waals surface area contributed by atoms with Gasteiger partial charge in [0.2, 0.25) is 6.29 Å². The molecule has 0 aromatic heterocycles. The molecule has 66 heavy (non-hydrogen) atoms. The number of non-ortho nitro benzene ring substituents is 1. The van der Waals surface area contributed by atoms with E-state index in [-0.39, 0.29) is 16.5 Å². The maximum Gasteiger partial charge on any atom is 0.271 e. The fraction of sp³-hybridized carbons (Fsp3) is 0.833. The number of nitro groups is 1. The normalized spacial score (nSPS) is 46.8. The molecule has 0 spiro atoms. The molecule has 0 bridgehead atoms. The van der Waals surface area contributed by atoms with E-state index in [0.29, 0.717) is 0 Å². The lowest BCUT2D eigenvalue weighted by Gasteiger charge is -2.49. The molecule has 1 aromatic rings. The number of benzene rings is 1. The van der Waals surface area contributed by atoms with Gasteiger partial charge >= 0.3 is 0 Å². The second-order valence-electron chi connectivity index (χ2n) is 15.9. The summed E-state index contributed by atoms with van der Waals surface area (Å²) in [6.07, 6.45) is -46.7. The summed E-state index contributed by atoms with van der Waals surface area (Å²) in [7, 11) is 0. The lowest BCUT2D eigenvalue weighted by Crippen LogP contribution is -2.68. The Bertz CT molecular complexity index is 1720. The molecule has 16 N–H and O–H groups in total. The van der Waals surface area contributed by atoms with Gasteiger partial charge in [-0.3, -0.25) is 10.1 Å². The fourth-order valence-electron chi connectivity index (χ4n) is 7.94. The van der Waals surface area contributed by atoms with Crippen molar-refractivity contribution in [3.8, 4) is 5.75 Å². The highest BCUT2D eigenvalue weighted by Gasteiger charge is 2.56. The van der Waals surface area contributed by atoms with Crippen LogP contribution in [0.15, 0.2) is 18.2 Å². The highest BCUT2D eigenvalue weighted by Crippen LogP contribution is 2.37. The molecule has 5 aliphatic rings. The number of aliphatic hydroxyl groups excluding tert-OH is 16. The minimum atomic E-state index is -2.16. The van der Waals surface area contributed by atoms with Crippen LogP contribution in [0.3, 0.4) is 0 Å². The maximum atomic E-state index is 11.2. The van der Waals surface area contributed by atoms with Crippen molar-refractivity contribution in [2.45, 2.75) is 154 Å². The van der Waals surface area contributed by atoms with E-state index in [1.165, 1.54) is 0 Å². The first-order valence-corrected chi connectivity index (χ1v) is 20.7. The van der Waals surface area contributed by atoms with Gasteiger partial charge in [0.1, 0.15) is 128 Å². The molecule has 5 heterocycles. The van der Waals surface area contributed by atoms with E-state index in [1.54, 1.807) is 0 Å². The zero-order chi connectivity index (χ0) is 48.5. The van der Waals surface area contributed by atoms with Gasteiger partial charge in [0, 0.05) is 12.1 Å². The van der Waals surface area contributed by atoms with Crippen molar-refractivity contribution < 1.29 is 134 Å². The Hall–Kier alpha value is -2.29. The molecule has 0 amide bonds. The van der Waals surface area contributed by atoms with Crippen molar-refractivity contribution in [2.75, 3.05) is 33.0 Å². The Labute approximate surface area is 376 Å². The van der Waals surface area contributed by atoms with Crippen LogP contribution in [0.4, 0.5) is 5.69 Å². The molecule has 30 heteroatoms. The minimum absolute atomic E-state index is 0.208. The smallest absolute Gasteiger partial charge is 0.271 e. The van der Waals surface area contributed by atoms with E-state index in [0.717, 1.165) is 18.2 Å². The first-order chi connectivity index (χ1) is 31.3. The number of ether oxygens (including phenoxy) is 10. The summed E-state index contributed by atoms with van der Waals surface area (Å²) in [5.74, 6) is -0.208. The van der Waals surface area contributed by atoms with Crippen LogP contribution in [0.1, 0.15) is 0 Å². The van der Waals surface area contributed by atoms with Gasteiger partial charge in [-0.05, 0) is 6.07 Å². The summed E-state index contributed by atoms with van der Waals surface area (Å²) in [5.41, 5.74) is -0.383. The summed E-state index contributed by atoms with van der Waals surface area (Å²) in [6, 6.07) is 3.09. The van der Waals surface area contributed by atoms with E-state index < -0.39 is 191 Å². The monoisotopic (exact) mass is 983 g/mol. The first kappa shape index (κ1) is 53.1. The molecule has 1 aromatic carbocycles. The molecule has 5 saturated heterocycles. The van der Waals surface area contributed by atoms with E-state index in [1.807, 2.05) is 0 Å². The van der Waals surface area contributed by atoms with Gasteiger partial charge in [-0.1, -0.05) is 11.6 Å². The molecule has 378 valence electrons. The van der Waals surface area contributed by atoms with E-state index in [4.69, 9.17) is 59.0 Å². The Morgan fingerprint density at radius 1 is 0.455 bits per heavy atom. The molecular formula is C36H54ClNO28. The Balaban J connectivity index is 1.07. The third-order valence-electron chi connectivity index (χ3n) is 11.7. The van der Waals surface area contributed by atoms with Crippen molar-refractivity contribution in [1.29, 1.82) is 0 Å². The number of rotatable bonds is 16. The van der Waals surface area contributed by atoms with E-state index >= 15 is 0 Å². The van der Waals surface area contributed by atoms with Crippen LogP contribution in [0, 0.1) is 10.1 Å². The highest BCUT2D eigenvalue weighted by atomic mass is 35.5. The number of nitro benzene ring substituents is 1. The molecule has 6 rings (SSSR count). The van der Waals surface area contributed by atoms with Crippen LogP contribution < -0.4 is 4.74 Å². The largest absolute Gasteiger partial charge is 0.460 e. The zero-order valence-electron chi connectivity index (χ0n) is 34.1. The molecule has 25 atom stereocenters. The minimum Gasteiger partial charge on any atom is -0.460 e. The van der Waals surface area contributed by atoms with Crippen LogP contribution in [0.2, 0.25) is 5.02 Å². The predicted molar refractivity (Wildman–Crippen MR) is 203 cm³/mol. The molecule has 5 aliphatic heterocycles. The van der Waals surface area contributed by atoms with Gasteiger partial charge in [-0.2, -0.15) is 0 Å². The first-order valence-electron chi connectivity index (χ1n) is 20.3. The number of nitrogens with zero attached hydrogens (tertiary/aromatic N) is 1. The van der Waals surface area contributed by atoms with Crippen molar-refractivity contribution >= 4 is 17.3 Å². The summed E-state index contributed by atoms with van der Waals surface area (Å²) in [6.45, 7) is -4.69. The third kappa shape index (κ3) is 10.9. The molecule has 0 aliphatic carbocycles. The van der Waals surface area contributed by atoms with Crippen LogP contribution in [-0.2, 0) is 42.6 Å². The van der Waals surface area contributed by atoms with Crippen molar-refractivity contribution in [3.63, 3.8) is 0 Å². The van der Waals surface area contributed by atoms with Gasteiger partial charge in [0.25, 0.3) is 5.69 Å². The zero-order valence-corrected chi connectivity index (χ0v) is 34.8. The number of hydrogen-bond acceptors (Lipinski definition) is 28. The predicted octanol–water partition coefficient (Wildman–Crippen LogP) is -9.28. The number of aliphatic hydroxyl groups is 16. The lowest BCUT2D eigenvalue weighted by molar-refractivity contribution is -0.392. The average molecular weight is 984 g/mol. The van der Waals surface area contributed by atoms with Gasteiger partial charge in [-0.25, -0.2) is 0 Å². The molecule has 0 unspecified atom stereocenters. The summed E-state index contributed by atoms with van der Waals surface area (Å²) >= 11 is 6.06. The lowest BCUT2D eigenvalue weighted by atomic mass is 9.95. The quantitative estimate of drug-likeness (QED) is 0.0540. The average Bonchev–Trinajstić information content (AvgIpc) is 3.30. The number of hydrogen-bond donors (Lipinski definition) is 16. The van der Waals surface area contributed by atoms with Crippen LogP contribution in [0.25, 0.3) is 0 Å². The summed E-state index contributed by atoms with van der Waals surface area (Å²) < 4.78 is 55.6. The highest BCUT2D eigenvalue weighted by molar-refractivity contribution is 6.32. The molecular weight excluding hydrogens is 930 g/mol. The van der Waals surface area contributed by atoms with Crippen molar-refractivity contribution in [3.05, 3.63) is 33.3 Å². The van der Waals surface area contributed by atoms with E-state index in [9.17, 15) is 91.8 Å². The van der Waals surface area contributed by atoms with Crippen molar-refractivity contribution in [1.82, 2.24) is 0 Å². The van der Waals surface area contributed by atoms with Crippen LogP contribution in [-0.4, -0.2) is 273 Å². The van der Waals surface area contributed by atoms with Gasteiger partial charge in [-0.15, -0.1) is 0 Å². The second kappa shape index (κ2) is 22.6. The van der Waals surface area contributed by atoms with Crippen molar-refractivity contribution in [2.24, 2.45) is 0 Å². The maximum absolute atomic E-state index is 11.2. The van der Waals surface area contributed by atoms with Crippen LogP contribution in [0.5, 0.6) is 5.75 Å². The Morgan fingerprint density at radius 2 is 0.758 bits per heavy atom. The molecule has 0 radical (unpaired) electrons. The number of halogens is 1. The summed E-state index contributed by atoms with van der Waals surface area (Å²) in [5, 5.41) is 180. The second-order valence-corrected chi connectivity index (χ2v) is 16.3.